The summed E-state index contributed by atoms with van der Waals surface area (Å²) in [7, 11) is 0. The van der Waals surface area contributed by atoms with Crippen LogP contribution in [0.5, 0.6) is 0 Å². The van der Waals surface area contributed by atoms with Crippen molar-refractivity contribution in [1.29, 1.82) is 0 Å². The van der Waals surface area contributed by atoms with Gasteiger partial charge in [-0.2, -0.15) is 0 Å². The monoisotopic (exact) mass is 201 g/mol. The second kappa shape index (κ2) is 5.27. The topological polar surface area (TPSA) is 49.7 Å². The SMILES string of the molecule is CCCCCC1=NC(C(=O)O)CS1. The fourth-order valence-corrected chi connectivity index (χ4v) is 2.27. The van der Waals surface area contributed by atoms with Gasteiger partial charge in [0.1, 0.15) is 0 Å². The first-order chi connectivity index (χ1) is 6.24. The van der Waals surface area contributed by atoms with Gasteiger partial charge in [0.2, 0.25) is 0 Å². The molecule has 4 heteroatoms. The summed E-state index contributed by atoms with van der Waals surface area (Å²) in [4.78, 5) is 14.7. The Morgan fingerprint density at radius 1 is 1.69 bits per heavy atom. The van der Waals surface area contributed by atoms with Crippen molar-refractivity contribution in [2.45, 2.75) is 38.6 Å². The second-order valence-corrected chi connectivity index (χ2v) is 4.24. The van der Waals surface area contributed by atoms with Gasteiger partial charge in [0.15, 0.2) is 6.04 Å². The number of carboxylic acid groups (broad SMARTS) is 1. The van der Waals surface area contributed by atoms with Crippen LogP contribution in [0.15, 0.2) is 4.99 Å². The van der Waals surface area contributed by atoms with Crippen LogP contribution in [-0.4, -0.2) is 27.9 Å². The molecular formula is C9H15NO2S. The van der Waals surface area contributed by atoms with E-state index in [-0.39, 0.29) is 0 Å². The molecule has 0 bridgehead atoms. The van der Waals surface area contributed by atoms with Gasteiger partial charge >= 0.3 is 5.97 Å². The van der Waals surface area contributed by atoms with E-state index in [0.717, 1.165) is 17.9 Å². The third-order valence-electron chi connectivity index (χ3n) is 1.99. The summed E-state index contributed by atoms with van der Waals surface area (Å²) >= 11 is 1.60. The second-order valence-electron chi connectivity index (χ2n) is 3.14. The Morgan fingerprint density at radius 2 is 2.46 bits per heavy atom. The van der Waals surface area contributed by atoms with Gasteiger partial charge in [0.25, 0.3) is 0 Å². The van der Waals surface area contributed by atoms with Gasteiger partial charge in [-0.25, -0.2) is 4.79 Å². The molecule has 3 nitrogen and oxygen atoms in total. The average Bonchev–Trinajstić information content (AvgIpc) is 2.53. The van der Waals surface area contributed by atoms with Crippen molar-refractivity contribution in [1.82, 2.24) is 0 Å². The summed E-state index contributed by atoms with van der Waals surface area (Å²) in [6.45, 7) is 2.16. The zero-order valence-corrected chi connectivity index (χ0v) is 8.64. The molecule has 0 aliphatic carbocycles. The summed E-state index contributed by atoms with van der Waals surface area (Å²) in [5, 5.41) is 9.71. The Morgan fingerprint density at radius 3 is 3.00 bits per heavy atom. The molecule has 0 aromatic carbocycles. The molecule has 13 heavy (non-hydrogen) atoms. The van der Waals surface area contributed by atoms with E-state index in [2.05, 4.69) is 11.9 Å². The van der Waals surface area contributed by atoms with E-state index in [1.54, 1.807) is 11.8 Å². The maximum atomic E-state index is 10.6. The summed E-state index contributed by atoms with van der Waals surface area (Å²) < 4.78 is 0. The molecule has 0 amide bonds. The molecule has 0 aromatic rings. The summed E-state index contributed by atoms with van der Waals surface area (Å²) in [5.74, 6) is -0.172. The lowest BCUT2D eigenvalue weighted by Crippen LogP contribution is -2.17. The minimum absolute atomic E-state index is 0.485. The van der Waals surface area contributed by atoms with Crippen LogP contribution in [0, 0.1) is 0 Å². The normalized spacial score (nSPS) is 21.6. The molecule has 1 N–H and O–H groups in total. The zero-order chi connectivity index (χ0) is 9.68. The number of hydrogen-bond donors (Lipinski definition) is 1. The number of hydrogen-bond acceptors (Lipinski definition) is 3. The lowest BCUT2D eigenvalue weighted by molar-refractivity contribution is -0.137. The van der Waals surface area contributed by atoms with Crippen LogP contribution in [0.4, 0.5) is 0 Å². The van der Waals surface area contributed by atoms with Gasteiger partial charge in [0.05, 0.1) is 5.04 Å². The van der Waals surface area contributed by atoms with Gasteiger partial charge in [0, 0.05) is 5.75 Å². The predicted octanol–water partition coefficient (Wildman–Crippen LogP) is 2.17. The fraction of sp³-hybridized carbons (Fsp3) is 0.778. The van der Waals surface area contributed by atoms with Crippen LogP contribution in [0.3, 0.4) is 0 Å². The molecule has 1 aliphatic rings. The van der Waals surface area contributed by atoms with E-state index < -0.39 is 12.0 Å². The highest BCUT2D eigenvalue weighted by molar-refractivity contribution is 8.14. The smallest absolute Gasteiger partial charge is 0.329 e. The Kier molecular flexibility index (Phi) is 4.28. The van der Waals surface area contributed by atoms with Crippen molar-refractivity contribution >= 4 is 22.8 Å². The first kappa shape index (κ1) is 10.6. The van der Waals surface area contributed by atoms with Crippen molar-refractivity contribution in [2.24, 2.45) is 4.99 Å². The predicted molar refractivity (Wildman–Crippen MR) is 55.5 cm³/mol. The van der Waals surface area contributed by atoms with Gasteiger partial charge in [-0.1, -0.05) is 19.8 Å². The molecule has 1 aliphatic heterocycles. The van der Waals surface area contributed by atoms with Crippen LogP contribution < -0.4 is 0 Å². The Balaban J connectivity index is 2.28. The van der Waals surface area contributed by atoms with Crippen LogP contribution in [0.2, 0.25) is 0 Å². The van der Waals surface area contributed by atoms with Crippen molar-refractivity contribution in [3.05, 3.63) is 0 Å². The molecule has 0 aromatic heterocycles. The lowest BCUT2D eigenvalue weighted by Gasteiger charge is -1.96. The van der Waals surface area contributed by atoms with E-state index >= 15 is 0 Å². The lowest BCUT2D eigenvalue weighted by atomic mass is 10.2. The van der Waals surface area contributed by atoms with E-state index in [1.165, 1.54) is 12.8 Å². The minimum atomic E-state index is -0.794. The average molecular weight is 201 g/mol. The highest BCUT2D eigenvalue weighted by Gasteiger charge is 2.23. The van der Waals surface area contributed by atoms with E-state index in [4.69, 9.17) is 5.11 Å². The summed E-state index contributed by atoms with van der Waals surface area (Å²) in [6, 6.07) is -0.485. The van der Waals surface area contributed by atoms with Crippen LogP contribution >= 0.6 is 11.8 Å². The highest BCUT2D eigenvalue weighted by Crippen LogP contribution is 2.21. The van der Waals surface area contributed by atoms with Crippen molar-refractivity contribution in [3.8, 4) is 0 Å². The number of aliphatic imine (C=N–C) groups is 1. The molecule has 1 heterocycles. The van der Waals surface area contributed by atoms with Gasteiger partial charge in [-0.05, 0) is 12.8 Å². The minimum Gasteiger partial charge on any atom is -0.480 e. The van der Waals surface area contributed by atoms with E-state index in [1.807, 2.05) is 0 Å². The van der Waals surface area contributed by atoms with Crippen molar-refractivity contribution in [2.75, 3.05) is 5.75 Å². The van der Waals surface area contributed by atoms with E-state index in [9.17, 15) is 4.79 Å². The number of nitrogens with zero attached hydrogens (tertiary/aromatic N) is 1. The van der Waals surface area contributed by atoms with Crippen LogP contribution in [0.25, 0.3) is 0 Å². The number of aliphatic carboxylic acids is 1. The number of unbranched alkanes of at least 4 members (excludes halogenated alkanes) is 2. The number of carbonyl (C=O) groups is 1. The van der Waals surface area contributed by atoms with Gasteiger partial charge < -0.3 is 5.11 Å². The quantitative estimate of drug-likeness (QED) is 0.693. The third kappa shape index (κ3) is 3.38. The van der Waals surface area contributed by atoms with Gasteiger partial charge in [-0.3, -0.25) is 4.99 Å². The summed E-state index contributed by atoms with van der Waals surface area (Å²) in [5.41, 5.74) is 0. The maximum absolute atomic E-state index is 10.6. The molecule has 1 unspecified atom stereocenters. The van der Waals surface area contributed by atoms with Crippen LogP contribution in [0.1, 0.15) is 32.6 Å². The first-order valence-electron chi connectivity index (χ1n) is 4.66. The molecule has 1 atom stereocenters. The fourth-order valence-electron chi connectivity index (χ4n) is 1.21. The number of rotatable bonds is 5. The maximum Gasteiger partial charge on any atom is 0.329 e. The molecule has 74 valence electrons. The van der Waals surface area contributed by atoms with E-state index in [0.29, 0.717) is 5.75 Å². The third-order valence-corrected chi connectivity index (χ3v) is 3.11. The first-order valence-corrected chi connectivity index (χ1v) is 5.65. The van der Waals surface area contributed by atoms with Crippen molar-refractivity contribution < 1.29 is 9.90 Å². The van der Waals surface area contributed by atoms with Gasteiger partial charge in [-0.15, -0.1) is 11.8 Å². The molecule has 0 fully saturated rings. The standard InChI is InChI=1S/C9H15NO2S/c1-2-3-4-5-8-10-7(6-13-8)9(11)12/h7H,2-6H2,1H3,(H,11,12). The number of thioether (sulfide) groups is 1. The largest absolute Gasteiger partial charge is 0.480 e. The van der Waals surface area contributed by atoms with Crippen molar-refractivity contribution in [3.63, 3.8) is 0 Å². The highest BCUT2D eigenvalue weighted by atomic mass is 32.2. The Bertz CT molecular complexity index is 216. The summed E-state index contributed by atoms with van der Waals surface area (Å²) in [6.07, 6.45) is 4.49. The molecule has 0 radical (unpaired) electrons. The molecular weight excluding hydrogens is 186 g/mol. The zero-order valence-electron chi connectivity index (χ0n) is 7.82. The van der Waals surface area contributed by atoms with Crippen LogP contribution in [-0.2, 0) is 4.79 Å². The Labute approximate surface area is 82.6 Å². The molecule has 0 saturated carbocycles. The number of carboxylic acids is 1. The molecule has 0 spiro atoms. The molecule has 1 rings (SSSR count). The Hall–Kier alpha value is -0.510. The molecule has 0 saturated heterocycles.